The minimum Gasteiger partial charge on any atom is -0.497 e. The summed E-state index contributed by atoms with van der Waals surface area (Å²) in [5, 5.41) is 3.21. The number of imide groups is 1. The Kier molecular flexibility index (Phi) is 5.10. The summed E-state index contributed by atoms with van der Waals surface area (Å²) < 4.78 is 10.9. The number of halogens is 1. The summed E-state index contributed by atoms with van der Waals surface area (Å²) in [4.78, 5) is 26.4. The molecule has 0 radical (unpaired) electrons. The van der Waals surface area contributed by atoms with Crippen molar-refractivity contribution in [1.29, 1.82) is 0 Å². The van der Waals surface area contributed by atoms with Gasteiger partial charge in [-0.15, -0.1) is 0 Å². The molecule has 3 amide bonds. The van der Waals surface area contributed by atoms with Crippen LogP contribution in [0.5, 0.6) is 17.2 Å². The normalized spacial score (nSPS) is 15.9. The quantitative estimate of drug-likeness (QED) is 0.607. The van der Waals surface area contributed by atoms with E-state index >= 15 is 0 Å². The predicted octanol–water partition coefficient (Wildman–Crippen LogP) is 4.94. The molecule has 0 aromatic heterocycles. The predicted molar refractivity (Wildman–Crippen MR) is 110 cm³/mol. The minimum atomic E-state index is -0.743. The van der Waals surface area contributed by atoms with Crippen molar-refractivity contribution in [2.45, 2.75) is 6.04 Å². The van der Waals surface area contributed by atoms with Crippen LogP contribution in [0.2, 0.25) is 5.02 Å². The van der Waals surface area contributed by atoms with Gasteiger partial charge in [0.25, 0.3) is 5.91 Å². The number of benzene rings is 3. The van der Waals surface area contributed by atoms with E-state index < -0.39 is 12.1 Å². The fraction of sp³-hybridized carbons (Fsp3) is 0.0909. The van der Waals surface area contributed by atoms with E-state index in [1.54, 1.807) is 67.8 Å². The molecule has 0 saturated carbocycles. The Balaban J connectivity index is 1.52. The smallest absolute Gasteiger partial charge is 0.329 e. The molecule has 0 bridgehead atoms. The lowest BCUT2D eigenvalue weighted by molar-refractivity contribution is -0.118. The number of anilines is 1. The van der Waals surface area contributed by atoms with E-state index in [2.05, 4.69) is 5.32 Å². The highest BCUT2D eigenvalue weighted by molar-refractivity contribution is 6.32. The summed E-state index contributed by atoms with van der Waals surface area (Å²) in [6.45, 7) is 0. The fourth-order valence-corrected chi connectivity index (χ4v) is 3.24. The Hall–Kier alpha value is -3.51. The first-order valence-electron chi connectivity index (χ1n) is 8.87. The first-order chi connectivity index (χ1) is 14.1. The Morgan fingerprint density at radius 3 is 2.21 bits per heavy atom. The van der Waals surface area contributed by atoms with Crippen LogP contribution >= 0.6 is 11.6 Å². The molecule has 1 heterocycles. The zero-order valence-electron chi connectivity index (χ0n) is 15.5. The topological polar surface area (TPSA) is 67.9 Å². The molecule has 7 heteroatoms. The number of carbonyl (C=O) groups is 2. The second-order valence-corrected chi connectivity index (χ2v) is 6.76. The highest BCUT2D eigenvalue weighted by atomic mass is 35.5. The molecule has 146 valence electrons. The second kappa shape index (κ2) is 7.85. The number of hydrogen-bond donors (Lipinski definition) is 1. The number of rotatable bonds is 5. The van der Waals surface area contributed by atoms with Crippen LogP contribution in [0.4, 0.5) is 10.5 Å². The van der Waals surface area contributed by atoms with Crippen molar-refractivity contribution < 1.29 is 19.1 Å². The summed E-state index contributed by atoms with van der Waals surface area (Å²) in [5.41, 5.74) is 1.14. The summed E-state index contributed by atoms with van der Waals surface area (Å²) in [7, 11) is 1.57. The molecular formula is C22H17ClN2O4. The molecule has 3 aromatic carbocycles. The monoisotopic (exact) mass is 408 g/mol. The van der Waals surface area contributed by atoms with Crippen LogP contribution in [0, 0.1) is 0 Å². The molecule has 4 rings (SSSR count). The molecule has 3 aromatic rings. The number of nitrogens with zero attached hydrogens (tertiary/aromatic N) is 1. The third kappa shape index (κ3) is 3.75. The van der Waals surface area contributed by atoms with E-state index in [1.165, 1.54) is 0 Å². The molecule has 0 spiro atoms. The van der Waals surface area contributed by atoms with Gasteiger partial charge in [0.05, 0.1) is 17.8 Å². The van der Waals surface area contributed by atoms with Crippen LogP contribution < -0.4 is 19.7 Å². The number of amides is 3. The number of methoxy groups -OCH3 is 1. The zero-order chi connectivity index (χ0) is 20.4. The third-order valence-corrected chi connectivity index (χ3v) is 4.86. The average Bonchev–Trinajstić information content (AvgIpc) is 3.04. The van der Waals surface area contributed by atoms with E-state index in [0.29, 0.717) is 33.5 Å². The van der Waals surface area contributed by atoms with Crippen LogP contribution in [-0.4, -0.2) is 19.0 Å². The molecule has 0 aliphatic carbocycles. The zero-order valence-corrected chi connectivity index (χ0v) is 16.2. The summed E-state index contributed by atoms with van der Waals surface area (Å²) in [6, 6.07) is 19.6. The van der Waals surface area contributed by atoms with Gasteiger partial charge < -0.3 is 14.8 Å². The van der Waals surface area contributed by atoms with Crippen molar-refractivity contribution in [3.8, 4) is 17.2 Å². The van der Waals surface area contributed by atoms with E-state index in [4.69, 9.17) is 21.1 Å². The van der Waals surface area contributed by atoms with Gasteiger partial charge in [-0.1, -0.05) is 35.9 Å². The van der Waals surface area contributed by atoms with Crippen molar-refractivity contribution in [2.24, 2.45) is 0 Å². The molecule has 1 N–H and O–H groups in total. The highest BCUT2D eigenvalue weighted by Gasteiger charge is 2.39. The number of nitrogens with one attached hydrogen (secondary N) is 1. The Bertz CT molecular complexity index is 1050. The molecular weight excluding hydrogens is 392 g/mol. The summed E-state index contributed by atoms with van der Waals surface area (Å²) in [5.74, 6) is 1.40. The molecule has 1 aliphatic rings. The van der Waals surface area contributed by atoms with Crippen LogP contribution in [-0.2, 0) is 4.79 Å². The average molecular weight is 409 g/mol. The first-order valence-corrected chi connectivity index (χ1v) is 9.25. The SMILES string of the molecule is COc1ccc(C2NC(=O)N(c3ccc(Oc4ccccc4Cl)cc3)C2=O)cc1. The van der Waals surface area contributed by atoms with E-state index in [0.717, 1.165) is 4.90 Å². The Morgan fingerprint density at radius 2 is 1.55 bits per heavy atom. The minimum absolute atomic E-state index is 0.347. The van der Waals surface area contributed by atoms with Crippen molar-refractivity contribution in [3.05, 3.63) is 83.4 Å². The molecule has 1 fully saturated rings. The van der Waals surface area contributed by atoms with Gasteiger partial charge in [0.2, 0.25) is 0 Å². The van der Waals surface area contributed by atoms with Gasteiger partial charge >= 0.3 is 6.03 Å². The van der Waals surface area contributed by atoms with Gasteiger partial charge in [0.15, 0.2) is 0 Å². The Morgan fingerprint density at radius 1 is 0.897 bits per heavy atom. The maximum absolute atomic E-state index is 12.9. The fourth-order valence-electron chi connectivity index (χ4n) is 3.06. The molecule has 1 atom stereocenters. The molecule has 6 nitrogen and oxygen atoms in total. The molecule has 29 heavy (non-hydrogen) atoms. The van der Waals surface area contributed by atoms with Gasteiger partial charge in [-0.2, -0.15) is 0 Å². The molecule has 1 aliphatic heterocycles. The van der Waals surface area contributed by atoms with Crippen molar-refractivity contribution >= 4 is 29.2 Å². The number of carbonyl (C=O) groups excluding carboxylic acids is 2. The van der Waals surface area contributed by atoms with Crippen LogP contribution in [0.25, 0.3) is 0 Å². The maximum Gasteiger partial charge on any atom is 0.329 e. The molecule has 1 saturated heterocycles. The van der Waals surface area contributed by atoms with Gasteiger partial charge in [0.1, 0.15) is 23.3 Å². The van der Waals surface area contributed by atoms with Gasteiger partial charge in [-0.3, -0.25) is 4.79 Å². The number of urea groups is 1. The standard InChI is InChI=1S/C22H17ClN2O4/c1-28-16-10-6-14(7-11-16)20-21(26)25(22(27)24-20)15-8-12-17(13-9-15)29-19-5-3-2-4-18(19)23/h2-13,20H,1H3,(H,24,27). The number of para-hydroxylation sites is 1. The second-order valence-electron chi connectivity index (χ2n) is 6.36. The summed E-state index contributed by atoms with van der Waals surface area (Å²) >= 11 is 6.10. The highest BCUT2D eigenvalue weighted by Crippen LogP contribution is 2.32. The van der Waals surface area contributed by atoms with Gasteiger partial charge in [-0.05, 0) is 54.1 Å². The first kappa shape index (κ1) is 18.8. The van der Waals surface area contributed by atoms with Crippen LogP contribution in [0.15, 0.2) is 72.8 Å². The van der Waals surface area contributed by atoms with Crippen LogP contribution in [0.1, 0.15) is 11.6 Å². The number of hydrogen-bond acceptors (Lipinski definition) is 4. The van der Waals surface area contributed by atoms with Crippen molar-refractivity contribution in [3.63, 3.8) is 0 Å². The lowest BCUT2D eigenvalue weighted by Crippen LogP contribution is -2.30. The van der Waals surface area contributed by atoms with Crippen molar-refractivity contribution in [1.82, 2.24) is 5.32 Å². The largest absolute Gasteiger partial charge is 0.497 e. The lowest BCUT2D eigenvalue weighted by atomic mass is 10.1. The van der Waals surface area contributed by atoms with Crippen LogP contribution in [0.3, 0.4) is 0 Å². The number of ether oxygens (including phenoxy) is 2. The van der Waals surface area contributed by atoms with E-state index in [1.807, 2.05) is 12.1 Å². The maximum atomic E-state index is 12.9. The third-order valence-electron chi connectivity index (χ3n) is 4.55. The van der Waals surface area contributed by atoms with E-state index in [-0.39, 0.29) is 5.91 Å². The lowest BCUT2D eigenvalue weighted by Gasteiger charge is -2.14. The van der Waals surface area contributed by atoms with E-state index in [9.17, 15) is 9.59 Å². The summed E-state index contributed by atoms with van der Waals surface area (Å²) in [6.07, 6.45) is 0. The van der Waals surface area contributed by atoms with Gasteiger partial charge in [0, 0.05) is 0 Å². The van der Waals surface area contributed by atoms with Crippen molar-refractivity contribution in [2.75, 3.05) is 12.0 Å². The Labute approximate surface area is 172 Å². The molecule has 1 unspecified atom stereocenters. The van der Waals surface area contributed by atoms with Gasteiger partial charge in [-0.25, -0.2) is 9.69 Å².